The maximum atomic E-state index is 10.2. The van der Waals surface area contributed by atoms with Crippen LogP contribution in [0.1, 0.15) is 11.1 Å². The first-order valence-electron chi connectivity index (χ1n) is 7.59. The first-order chi connectivity index (χ1) is 12.1. The fourth-order valence-corrected chi connectivity index (χ4v) is 2.68. The van der Waals surface area contributed by atoms with Gasteiger partial charge in [0, 0.05) is 11.6 Å². The molecule has 126 valence electrons. The predicted molar refractivity (Wildman–Crippen MR) is 95.7 cm³/mol. The normalized spacial score (nSPS) is 10.3. The highest BCUT2D eigenvalue weighted by Crippen LogP contribution is 2.39. The number of phenols is 1. The Bertz CT molecular complexity index is 993. The number of nitrogens with zero attached hydrogens (tertiary/aromatic N) is 2. The van der Waals surface area contributed by atoms with Gasteiger partial charge in [0.05, 0.1) is 31.2 Å². The van der Waals surface area contributed by atoms with E-state index in [1.165, 1.54) is 13.3 Å². The van der Waals surface area contributed by atoms with E-state index in [2.05, 4.69) is 16.4 Å². The molecule has 0 fully saturated rings. The lowest BCUT2D eigenvalue weighted by Gasteiger charge is -2.15. The number of aromatic nitrogens is 1. The Labute approximate surface area is 145 Å². The zero-order valence-corrected chi connectivity index (χ0v) is 14.1. The summed E-state index contributed by atoms with van der Waals surface area (Å²) in [6.07, 6.45) is 1.47. The Morgan fingerprint density at radius 3 is 2.60 bits per heavy atom. The van der Waals surface area contributed by atoms with E-state index in [9.17, 15) is 10.4 Å². The third-order valence-corrected chi connectivity index (χ3v) is 3.91. The molecule has 1 aromatic heterocycles. The average molecular weight is 335 g/mol. The van der Waals surface area contributed by atoms with E-state index in [1.807, 2.05) is 13.0 Å². The summed E-state index contributed by atoms with van der Waals surface area (Å²) in [4.78, 5) is 4.34. The van der Waals surface area contributed by atoms with Crippen LogP contribution in [-0.4, -0.2) is 24.3 Å². The van der Waals surface area contributed by atoms with E-state index >= 15 is 0 Å². The number of pyridine rings is 1. The summed E-state index contributed by atoms with van der Waals surface area (Å²) in [6, 6.07) is 11.0. The monoisotopic (exact) mass is 335 g/mol. The molecule has 0 radical (unpaired) electrons. The van der Waals surface area contributed by atoms with Crippen LogP contribution in [-0.2, 0) is 0 Å². The quantitative estimate of drug-likeness (QED) is 0.704. The van der Waals surface area contributed by atoms with Crippen LogP contribution < -0.4 is 14.8 Å². The van der Waals surface area contributed by atoms with E-state index in [0.717, 1.165) is 5.56 Å². The van der Waals surface area contributed by atoms with Crippen molar-refractivity contribution in [1.29, 1.82) is 5.26 Å². The maximum Gasteiger partial charge on any atom is 0.187 e. The first kappa shape index (κ1) is 16.4. The molecule has 6 heteroatoms. The number of phenolic OH excluding ortho intramolecular Hbond substituents is 1. The van der Waals surface area contributed by atoms with Crippen molar-refractivity contribution in [2.75, 3.05) is 19.5 Å². The van der Waals surface area contributed by atoms with Gasteiger partial charge in [0.25, 0.3) is 0 Å². The van der Waals surface area contributed by atoms with Crippen LogP contribution >= 0.6 is 0 Å². The van der Waals surface area contributed by atoms with E-state index in [-0.39, 0.29) is 5.75 Å². The van der Waals surface area contributed by atoms with Gasteiger partial charge in [-0.05, 0) is 36.8 Å². The number of anilines is 2. The zero-order chi connectivity index (χ0) is 18.0. The fraction of sp³-hybridized carbons (Fsp3) is 0.158. The van der Waals surface area contributed by atoms with Crippen LogP contribution in [0.3, 0.4) is 0 Å². The molecule has 2 aromatic carbocycles. The van der Waals surface area contributed by atoms with Crippen LogP contribution in [0.2, 0.25) is 0 Å². The summed E-state index contributed by atoms with van der Waals surface area (Å²) in [6.45, 7) is 1.89. The largest absolute Gasteiger partial charge is 0.506 e. The third kappa shape index (κ3) is 2.88. The minimum Gasteiger partial charge on any atom is -0.506 e. The van der Waals surface area contributed by atoms with Crippen molar-refractivity contribution in [1.82, 2.24) is 4.98 Å². The SMILES string of the molecule is COc1ccc2c(Nc3ccc(C)cc3O)c(C#N)cnc2c1OC. The summed E-state index contributed by atoms with van der Waals surface area (Å²) in [5, 5.41) is 23.4. The highest BCUT2D eigenvalue weighted by Gasteiger charge is 2.16. The molecule has 0 atom stereocenters. The number of benzene rings is 2. The molecule has 6 nitrogen and oxygen atoms in total. The average Bonchev–Trinajstić information content (AvgIpc) is 2.62. The molecule has 0 bridgehead atoms. The third-order valence-electron chi connectivity index (χ3n) is 3.91. The zero-order valence-electron chi connectivity index (χ0n) is 14.1. The molecule has 0 unspecified atom stereocenters. The van der Waals surface area contributed by atoms with Crippen LogP contribution in [0, 0.1) is 18.3 Å². The number of rotatable bonds is 4. The Balaban J connectivity index is 2.23. The van der Waals surface area contributed by atoms with E-state index in [0.29, 0.717) is 39.3 Å². The Morgan fingerprint density at radius 1 is 1.16 bits per heavy atom. The number of methoxy groups -OCH3 is 2. The van der Waals surface area contributed by atoms with Crippen LogP contribution in [0.5, 0.6) is 17.2 Å². The Kier molecular flexibility index (Phi) is 4.31. The van der Waals surface area contributed by atoms with Gasteiger partial charge in [0.15, 0.2) is 11.5 Å². The number of hydrogen-bond donors (Lipinski definition) is 2. The van der Waals surface area contributed by atoms with E-state index < -0.39 is 0 Å². The molecule has 1 heterocycles. The van der Waals surface area contributed by atoms with Gasteiger partial charge in [-0.15, -0.1) is 0 Å². The first-order valence-corrected chi connectivity index (χ1v) is 7.59. The number of aromatic hydroxyl groups is 1. The van der Waals surface area contributed by atoms with Crippen molar-refractivity contribution in [2.45, 2.75) is 6.92 Å². The second-order valence-corrected chi connectivity index (χ2v) is 5.50. The lowest BCUT2D eigenvalue weighted by Crippen LogP contribution is -1.99. The van der Waals surface area contributed by atoms with Crippen LogP contribution in [0.4, 0.5) is 11.4 Å². The number of ether oxygens (including phenoxy) is 2. The minimum absolute atomic E-state index is 0.106. The molecule has 0 amide bonds. The van der Waals surface area contributed by atoms with Gasteiger partial charge in [0.1, 0.15) is 17.3 Å². The summed E-state index contributed by atoms with van der Waals surface area (Å²) >= 11 is 0. The molecule has 0 aliphatic heterocycles. The summed E-state index contributed by atoms with van der Waals surface area (Å²) in [7, 11) is 3.09. The number of fused-ring (bicyclic) bond motifs is 1. The highest BCUT2D eigenvalue weighted by molar-refractivity contribution is 6.00. The van der Waals surface area contributed by atoms with Gasteiger partial charge in [-0.25, -0.2) is 0 Å². The molecule has 3 aromatic rings. The van der Waals surface area contributed by atoms with Crippen molar-refractivity contribution < 1.29 is 14.6 Å². The number of aryl methyl sites for hydroxylation is 1. The van der Waals surface area contributed by atoms with Crippen molar-refractivity contribution in [3.8, 4) is 23.3 Å². The molecule has 0 spiro atoms. The van der Waals surface area contributed by atoms with Crippen molar-refractivity contribution in [3.05, 3.63) is 47.7 Å². The summed E-state index contributed by atoms with van der Waals surface area (Å²) in [5.74, 6) is 1.14. The molecular formula is C19H17N3O3. The molecule has 0 saturated carbocycles. The van der Waals surface area contributed by atoms with Gasteiger partial charge >= 0.3 is 0 Å². The minimum atomic E-state index is 0.106. The van der Waals surface area contributed by atoms with Crippen molar-refractivity contribution in [3.63, 3.8) is 0 Å². The van der Waals surface area contributed by atoms with Gasteiger partial charge in [0.2, 0.25) is 0 Å². The predicted octanol–water partition coefficient (Wildman–Crippen LogP) is 3.88. The molecule has 2 N–H and O–H groups in total. The number of nitrogens with one attached hydrogen (secondary N) is 1. The van der Waals surface area contributed by atoms with Gasteiger partial charge < -0.3 is 19.9 Å². The van der Waals surface area contributed by atoms with E-state index in [1.54, 1.807) is 31.4 Å². The number of nitriles is 1. The van der Waals surface area contributed by atoms with E-state index in [4.69, 9.17) is 9.47 Å². The van der Waals surface area contributed by atoms with Crippen molar-refractivity contribution in [2.24, 2.45) is 0 Å². The Morgan fingerprint density at radius 2 is 1.96 bits per heavy atom. The van der Waals surface area contributed by atoms with Gasteiger partial charge in [-0.3, -0.25) is 4.98 Å². The lowest BCUT2D eigenvalue weighted by molar-refractivity contribution is 0.358. The second-order valence-electron chi connectivity index (χ2n) is 5.50. The summed E-state index contributed by atoms with van der Waals surface area (Å²) < 4.78 is 10.7. The second kappa shape index (κ2) is 6.57. The topological polar surface area (TPSA) is 87.4 Å². The van der Waals surface area contributed by atoms with Gasteiger partial charge in [-0.2, -0.15) is 5.26 Å². The molecule has 0 aliphatic carbocycles. The molecule has 3 rings (SSSR count). The smallest absolute Gasteiger partial charge is 0.187 e. The molecule has 0 saturated heterocycles. The van der Waals surface area contributed by atoms with Crippen LogP contribution in [0.25, 0.3) is 10.9 Å². The maximum absolute atomic E-state index is 10.2. The van der Waals surface area contributed by atoms with Crippen LogP contribution in [0.15, 0.2) is 36.5 Å². The van der Waals surface area contributed by atoms with Crippen molar-refractivity contribution >= 4 is 22.3 Å². The fourth-order valence-electron chi connectivity index (χ4n) is 2.68. The molecular weight excluding hydrogens is 318 g/mol. The lowest BCUT2D eigenvalue weighted by atomic mass is 10.1. The summed E-state index contributed by atoms with van der Waals surface area (Å²) in [5.41, 5.74) is 2.92. The standard InChI is InChI=1S/C19H17N3O3/c1-11-4-6-14(15(23)8-11)22-17-12(9-20)10-21-18-13(17)5-7-16(24-2)19(18)25-3/h4-8,10,23H,1-3H3,(H,21,22). The number of hydrogen-bond acceptors (Lipinski definition) is 6. The molecule has 0 aliphatic rings. The molecule has 25 heavy (non-hydrogen) atoms. The Hall–Kier alpha value is -3.46. The highest BCUT2D eigenvalue weighted by atomic mass is 16.5. The van der Waals surface area contributed by atoms with Gasteiger partial charge in [-0.1, -0.05) is 6.07 Å².